The van der Waals surface area contributed by atoms with Gasteiger partial charge in [0.05, 0.1) is 12.8 Å². The second-order valence-corrected chi connectivity index (χ2v) is 3.91. The van der Waals surface area contributed by atoms with Crippen molar-refractivity contribution in [2.75, 3.05) is 7.11 Å². The van der Waals surface area contributed by atoms with Crippen molar-refractivity contribution in [1.82, 2.24) is 4.98 Å². The molecule has 0 fully saturated rings. The molecule has 1 aromatic heterocycles. The zero-order valence-corrected chi connectivity index (χ0v) is 10.5. The maximum absolute atomic E-state index is 13.5. The highest BCUT2D eigenvalue weighted by molar-refractivity contribution is 5.79. The molecule has 0 amide bonds. The monoisotopic (exact) mass is 258 g/mol. The molecule has 0 aliphatic heterocycles. The number of hydrogen-bond acceptors (Lipinski definition) is 4. The molecule has 2 rings (SSSR count). The van der Waals surface area contributed by atoms with Gasteiger partial charge in [-0.05, 0) is 36.2 Å². The van der Waals surface area contributed by atoms with Crippen molar-refractivity contribution < 1.29 is 13.9 Å². The molecule has 4 nitrogen and oxygen atoms in total. The van der Waals surface area contributed by atoms with Crippen molar-refractivity contribution in [2.45, 2.75) is 6.92 Å². The minimum absolute atomic E-state index is 0.393. The Hall–Kier alpha value is -2.52. The van der Waals surface area contributed by atoms with Crippen LogP contribution < -0.4 is 4.74 Å². The van der Waals surface area contributed by atoms with Gasteiger partial charge in [-0.25, -0.2) is 14.2 Å². The summed E-state index contributed by atoms with van der Waals surface area (Å²) >= 11 is 0. The van der Waals surface area contributed by atoms with Crippen LogP contribution in [0, 0.1) is 12.7 Å². The molecule has 96 valence electrons. The molecular weight excluding hydrogens is 247 g/mol. The molecule has 0 saturated carbocycles. The highest BCUT2D eigenvalue weighted by Crippen LogP contribution is 2.34. The molecule has 19 heavy (non-hydrogen) atoms. The van der Waals surface area contributed by atoms with Gasteiger partial charge in [0.25, 0.3) is 0 Å². The third-order valence-electron chi connectivity index (χ3n) is 2.68. The topological polar surface area (TPSA) is 51.5 Å². The molecule has 0 radical (unpaired) electrons. The molecule has 5 heteroatoms. The van der Waals surface area contributed by atoms with E-state index < -0.39 is 5.82 Å². The van der Waals surface area contributed by atoms with Gasteiger partial charge in [-0.15, -0.1) is 0 Å². The fraction of sp³-hybridized carbons (Fsp3) is 0.143. The highest BCUT2D eigenvalue weighted by atomic mass is 19.1. The molecule has 1 aromatic carbocycles. The van der Waals surface area contributed by atoms with E-state index >= 15 is 0 Å². The number of pyridine rings is 1. The Labute approximate surface area is 109 Å². The van der Waals surface area contributed by atoms with Gasteiger partial charge < -0.3 is 4.74 Å². The van der Waals surface area contributed by atoms with Crippen LogP contribution in [0.5, 0.6) is 5.88 Å². The smallest absolute Gasteiger partial charge is 0.240 e. The number of halogens is 1. The SMILES string of the molecule is COc1cc(-c2cc(F)cc(C)c2N=C=O)ccn1. The van der Waals surface area contributed by atoms with Gasteiger partial charge in [-0.2, -0.15) is 4.99 Å². The summed E-state index contributed by atoms with van der Waals surface area (Å²) in [5, 5.41) is 0. The number of rotatable bonds is 3. The van der Waals surface area contributed by atoms with Gasteiger partial charge in [0, 0.05) is 17.8 Å². The molecule has 2 aromatic rings. The van der Waals surface area contributed by atoms with E-state index in [-0.39, 0.29) is 0 Å². The lowest BCUT2D eigenvalue weighted by molar-refractivity contribution is 0.398. The molecule has 0 bridgehead atoms. The first-order valence-corrected chi connectivity index (χ1v) is 5.54. The van der Waals surface area contributed by atoms with Crippen LogP contribution in [0.3, 0.4) is 0 Å². The molecular formula is C14H11FN2O2. The van der Waals surface area contributed by atoms with Gasteiger partial charge in [0.15, 0.2) is 0 Å². The van der Waals surface area contributed by atoms with Crippen LogP contribution in [0.1, 0.15) is 5.56 Å². The highest BCUT2D eigenvalue weighted by Gasteiger charge is 2.11. The van der Waals surface area contributed by atoms with E-state index in [1.807, 2.05) is 0 Å². The number of aryl methyl sites for hydroxylation is 1. The summed E-state index contributed by atoms with van der Waals surface area (Å²) in [7, 11) is 1.49. The maximum atomic E-state index is 13.5. The van der Waals surface area contributed by atoms with Crippen molar-refractivity contribution in [1.29, 1.82) is 0 Å². The molecule has 0 aliphatic carbocycles. The lowest BCUT2D eigenvalue weighted by Gasteiger charge is -2.09. The van der Waals surface area contributed by atoms with Crippen molar-refractivity contribution in [3.63, 3.8) is 0 Å². The standard InChI is InChI=1S/C14H11FN2O2/c1-9-5-11(15)7-12(14(9)17-8-18)10-3-4-16-13(6-10)19-2/h3-7H,1-2H3. The van der Waals surface area contributed by atoms with Gasteiger partial charge in [0.1, 0.15) is 5.82 Å². The molecule has 0 atom stereocenters. The van der Waals surface area contributed by atoms with E-state index in [9.17, 15) is 9.18 Å². The van der Waals surface area contributed by atoms with Crippen LogP contribution in [0.2, 0.25) is 0 Å². The fourth-order valence-corrected chi connectivity index (χ4v) is 1.84. The van der Waals surface area contributed by atoms with Gasteiger partial charge in [-0.1, -0.05) is 0 Å². The fourth-order valence-electron chi connectivity index (χ4n) is 1.84. The van der Waals surface area contributed by atoms with Gasteiger partial charge in [0.2, 0.25) is 12.0 Å². The number of isocyanates is 1. The number of aromatic nitrogens is 1. The van der Waals surface area contributed by atoms with E-state index in [0.717, 1.165) is 0 Å². The summed E-state index contributed by atoms with van der Waals surface area (Å²) in [5.74, 6) is 0.00794. The summed E-state index contributed by atoms with van der Waals surface area (Å²) in [4.78, 5) is 18.1. The largest absolute Gasteiger partial charge is 0.481 e. The van der Waals surface area contributed by atoms with Crippen LogP contribution in [-0.4, -0.2) is 18.2 Å². The quantitative estimate of drug-likeness (QED) is 0.627. The van der Waals surface area contributed by atoms with Crippen molar-refractivity contribution >= 4 is 11.8 Å². The first-order valence-electron chi connectivity index (χ1n) is 5.54. The van der Waals surface area contributed by atoms with Crippen molar-refractivity contribution in [3.8, 4) is 17.0 Å². The Balaban J connectivity index is 2.69. The normalized spacial score (nSPS) is 9.84. The molecule has 0 unspecified atom stereocenters. The van der Waals surface area contributed by atoms with E-state index in [1.54, 1.807) is 25.3 Å². The molecule has 0 N–H and O–H groups in total. The number of methoxy groups -OCH3 is 1. The van der Waals surface area contributed by atoms with Crippen LogP contribution in [-0.2, 0) is 4.79 Å². The molecule has 1 heterocycles. The number of aliphatic imine (C=N–C) groups is 1. The first-order chi connectivity index (χ1) is 9.15. The summed E-state index contributed by atoms with van der Waals surface area (Å²) in [6.07, 6.45) is 3.03. The lowest BCUT2D eigenvalue weighted by atomic mass is 10.0. The Kier molecular flexibility index (Phi) is 3.68. The minimum atomic E-state index is -0.395. The van der Waals surface area contributed by atoms with Crippen molar-refractivity contribution in [3.05, 3.63) is 41.8 Å². The zero-order chi connectivity index (χ0) is 13.8. The Morgan fingerprint density at radius 3 is 2.84 bits per heavy atom. The van der Waals surface area contributed by atoms with Crippen LogP contribution in [0.4, 0.5) is 10.1 Å². The Bertz CT molecular complexity index is 664. The maximum Gasteiger partial charge on any atom is 0.240 e. The predicted octanol–water partition coefficient (Wildman–Crippen LogP) is 3.17. The number of carbonyl (C=O) groups excluding carboxylic acids is 1. The van der Waals surface area contributed by atoms with Gasteiger partial charge in [-0.3, -0.25) is 0 Å². The summed E-state index contributed by atoms with van der Waals surface area (Å²) < 4.78 is 18.6. The van der Waals surface area contributed by atoms with Crippen molar-refractivity contribution in [2.24, 2.45) is 4.99 Å². The number of hydrogen-bond donors (Lipinski definition) is 0. The van der Waals surface area contributed by atoms with Crippen LogP contribution >= 0.6 is 0 Å². The summed E-state index contributed by atoms with van der Waals surface area (Å²) in [6.45, 7) is 1.68. The van der Waals surface area contributed by atoms with Crippen LogP contribution in [0.25, 0.3) is 11.1 Å². The minimum Gasteiger partial charge on any atom is -0.481 e. The van der Waals surface area contributed by atoms with Crippen LogP contribution in [0.15, 0.2) is 35.5 Å². The molecule has 0 spiro atoms. The Morgan fingerprint density at radius 1 is 1.37 bits per heavy atom. The van der Waals surface area contributed by atoms with E-state index in [1.165, 1.54) is 25.3 Å². The summed E-state index contributed by atoms with van der Waals surface area (Å²) in [5.41, 5.74) is 2.13. The van der Waals surface area contributed by atoms with E-state index in [0.29, 0.717) is 28.3 Å². The number of benzene rings is 1. The van der Waals surface area contributed by atoms with E-state index in [4.69, 9.17) is 4.74 Å². The predicted molar refractivity (Wildman–Crippen MR) is 68.7 cm³/mol. The average Bonchev–Trinajstić information content (AvgIpc) is 2.41. The Morgan fingerprint density at radius 2 is 2.16 bits per heavy atom. The average molecular weight is 258 g/mol. The van der Waals surface area contributed by atoms with Gasteiger partial charge >= 0.3 is 0 Å². The second-order valence-electron chi connectivity index (χ2n) is 3.91. The third kappa shape index (κ3) is 2.67. The zero-order valence-electron chi connectivity index (χ0n) is 10.5. The number of nitrogens with zero attached hydrogens (tertiary/aromatic N) is 2. The number of ether oxygens (including phenoxy) is 1. The lowest BCUT2D eigenvalue weighted by Crippen LogP contribution is -1.90. The summed E-state index contributed by atoms with van der Waals surface area (Å²) in [6, 6.07) is 5.98. The van der Waals surface area contributed by atoms with E-state index in [2.05, 4.69) is 9.98 Å². The molecule has 0 saturated heterocycles. The first kappa shape index (κ1) is 12.9. The third-order valence-corrected chi connectivity index (χ3v) is 2.68. The second kappa shape index (κ2) is 5.42. The molecule has 0 aliphatic rings.